The van der Waals surface area contributed by atoms with Gasteiger partial charge in [-0.15, -0.1) is 0 Å². The van der Waals surface area contributed by atoms with Crippen molar-refractivity contribution in [1.29, 1.82) is 0 Å². The van der Waals surface area contributed by atoms with E-state index in [9.17, 15) is 0 Å². The molecule has 5 nitrogen and oxygen atoms in total. The highest BCUT2D eigenvalue weighted by Crippen LogP contribution is 2.53. The first-order valence-corrected chi connectivity index (χ1v) is 26.2. The fourth-order valence-corrected chi connectivity index (χ4v) is 14.5. The summed E-state index contributed by atoms with van der Waals surface area (Å²) in [6, 6.07) is 86.7. The first-order valence-electron chi connectivity index (χ1n) is 25.4. The third-order valence-corrected chi connectivity index (χ3v) is 17.3. The predicted octanol–water partition coefficient (Wildman–Crippen LogP) is 14.0. The number of para-hydroxylation sites is 6. The van der Waals surface area contributed by atoms with Crippen molar-refractivity contribution in [2.24, 2.45) is 0 Å². The first-order chi connectivity index (χ1) is 36.7. The third-order valence-electron chi connectivity index (χ3n) is 16.0. The van der Waals surface area contributed by atoms with Gasteiger partial charge < -0.3 is 23.5 Å². The van der Waals surface area contributed by atoms with Gasteiger partial charge in [0.15, 0.2) is 0 Å². The zero-order valence-corrected chi connectivity index (χ0v) is 40.6. The van der Waals surface area contributed by atoms with E-state index in [4.69, 9.17) is 8.83 Å². The Kier molecular flexibility index (Phi) is 8.33. The van der Waals surface area contributed by atoms with Crippen LogP contribution in [0.25, 0.3) is 55.0 Å². The lowest BCUT2D eigenvalue weighted by molar-refractivity contribution is 0.668. The Morgan fingerprint density at radius 1 is 0.338 bits per heavy atom. The van der Waals surface area contributed by atoms with Gasteiger partial charge in [0.2, 0.25) is 6.71 Å². The second-order valence-electron chi connectivity index (χ2n) is 19.8. The van der Waals surface area contributed by atoms with Crippen LogP contribution >= 0.6 is 11.8 Å². The van der Waals surface area contributed by atoms with E-state index < -0.39 is 0 Å². The summed E-state index contributed by atoms with van der Waals surface area (Å²) in [6.07, 6.45) is 0. The molecule has 4 aliphatic rings. The topological polar surface area (TPSA) is 36.0 Å². The summed E-state index contributed by atoms with van der Waals surface area (Å²) in [6.45, 7) is -0.212. The summed E-state index contributed by atoms with van der Waals surface area (Å²) in [4.78, 5) is 10.1. The maximum atomic E-state index is 7.05. The van der Waals surface area contributed by atoms with Crippen LogP contribution in [-0.4, -0.2) is 13.4 Å². The summed E-state index contributed by atoms with van der Waals surface area (Å²) in [7, 11) is 0. The van der Waals surface area contributed by atoms with E-state index >= 15 is 0 Å². The average molecular weight is 960 g/mol. The van der Waals surface area contributed by atoms with Crippen LogP contribution in [-0.2, 0) is 0 Å². The lowest BCUT2D eigenvalue weighted by Crippen LogP contribution is -2.64. The maximum Gasteiger partial charge on any atom is 0.252 e. The molecule has 8 heteroatoms. The molecular weight excluding hydrogens is 920 g/mol. The largest absolute Gasteiger partial charge is 0.456 e. The fourth-order valence-electron chi connectivity index (χ4n) is 13.1. The standard InChI is InChI=1S/C66H39B2N3O2S/c1-4-20-40(21-5-1)43-26-10-15-31-50(43)71-53-37-52-48(68-47-30-14-19-35-60(47)74-66-62-45-28-12-18-34-57(45)73-59(62)39-55(64(66)68)69(52)41-22-6-2-7-23-41)36-49(53)67-46-29-13-16-32-51(46)70(42-24-8-3-9-25-42)65-61-44-27-11-17-33-56(44)72-58(61)38-54(71)63(65)67/h1-39H. The second kappa shape index (κ2) is 15.2. The molecule has 4 aliphatic heterocycles. The Bertz CT molecular complexity index is 4520. The monoisotopic (exact) mass is 959 g/mol. The summed E-state index contributed by atoms with van der Waals surface area (Å²) in [5.41, 5.74) is 23.6. The van der Waals surface area contributed by atoms with E-state index in [0.717, 1.165) is 101 Å². The van der Waals surface area contributed by atoms with Crippen molar-refractivity contribution in [2.45, 2.75) is 9.79 Å². The molecule has 0 radical (unpaired) electrons. The van der Waals surface area contributed by atoms with Crippen LogP contribution in [0, 0.1) is 0 Å². The molecule has 17 rings (SSSR count). The Morgan fingerprint density at radius 3 is 1.59 bits per heavy atom. The molecule has 0 aliphatic carbocycles. The summed E-state index contributed by atoms with van der Waals surface area (Å²) < 4.78 is 13.9. The molecule has 0 saturated carbocycles. The molecule has 0 atom stereocenters. The van der Waals surface area contributed by atoms with Gasteiger partial charge in [-0.1, -0.05) is 181 Å². The number of hydrogen-bond acceptors (Lipinski definition) is 6. The van der Waals surface area contributed by atoms with Gasteiger partial charge in [-0.25, -0.2) is 0 Å². The molecule has 13 aromatic rings. The molecular formula is C66H39B2N3O2S. The molecule has 74 heavy (non-hydrogen) atoms. The van der Waals surface area contributed by atoms with Crippen molar-refractivity contribution < 1.29 is 8.83 Å². The molecule has 0 unspecified atom stereocenters. The predicted molar refractivity (Wildman–Crippen MR) is 310 cm³/mol. The van der Waals surface area contributed by atoms with Crippen LogP contribution in [0.5, 0.6) is 0 Å². The van der Waals surface area contributed by atoms with E-state index in [1.807, 2.05) is 11.8 Å². The smallest absolute Gasteiger partial charge is 0.252 e. The molecule has 11 aromatic carbocycles. The lowest BCUT2D eigenvalue weighted by atomic mass is 9.30. The van der Waals surface area contributed by atoms with Crippen molar-refractivity contribution in [3.8, 4) is 11.1 Å². The van der Waals surface area contributed by atoms with E-state index in [1.54, 1.807) is 0 Å². The van der Waals surface area contributed by atoms with Gasteiger partial charge >= 0.3 is 0 Å². The van der Waals surface area contributed by atoms with Crippen LogP contribution in [0.15, 0.2) is 255 Å². The Morgan fingerprint density at radius 2 is 0.865 bits per heavy atom. The Balaban J connectivity index is 1.05. The zero-order valence-electron chi connectivity index (χ0n) is 39.7. The fraction of sp³-hybridized carbons (Fsp3) is 0. The minimum absolute atomic E-state index is 0.0679. The van der Waals surface area contributed by atoms with Crippen molar-refractivity contribution in [1.82, 2.24) is 0 Å². The van der Waals surface area contributed by atoms with Gasteiger partial charge in [0, 0.05) is 83.5 Å². The third kappa shape index (κ3) is 5.47. The minimum Gasteiger partial charge on any atom is -0.456 e. The molecule has 0 saturated heterocycles. The molecule has 2 aromatic heterocycles. The highest BCUT2D eigenvalue weighted by Gasteiger charge is 2.49. The van der Waals surface area contributed by atoms with Gasteiger partial charge in [0.25, 0.3) is 6.71 Å². The molecule has 0 N–H and O–H groups in total. The normalized spacial score (nSPS) is 13.8. The second-order valence-corrected chi connectivity index (χ2v) is 20.9. The number of furan rings is 2. The first kappa shape index (κ1) is 40.5. The SMILES string of the molecule is c1ccc(-c2ccccc2N2c3cc4c(cc3B3c5ccccc5N(c5ccccc5)c5c3c2cc2oc3ccccc3c52)B2c3ccccc3Sc3c2c(cc2oc5ccccc5c32)N4c2ccccc2)cc1. The van der Waals surface area contributed by atoms with Crippen LogP contribution in [0.1, 0.15) is 0 Å². The van der Waals surface area contributed by atoms with E-state index in [-0.39, 0.29) is 13.4 Å². The molecule has 342 valence electrons. The van der Waals surface area contributed by atoms with Crippen LogP contribution in [0.3, 0.4) is 0 Å². The van der Waals surface area contributed by atoms with Crippen molar-refractivity contribution >= 4 is 153 Å². The van der Waals surface area contributed by atoms with E-state index in [1.165, 1.54) is 48.0 Å². The molecule has 0 fully saturated rings. The molecule has 0 amide bonds. The summed E-state index contributed by atoms with van der Waals surface area (Å²) in [5, 5.41) is 4.54. The van der Waals surface area contributed by atoms with Gasteiger partial charge in [-0.05, 0) is 93.5 Å². The highest BCUT2D eigenvalue weighted by atomic mass is 32.2. The van der Waals surface area contributed by atoms with Crippen LogP contribution < -0.4 is 47.5 Å². The zero-order chi connectivity index (χ0) is 48.2. The number of hydrogen-bond donors (Lipinski definition) is 0. The maximum absolute atomic E-state index is 7.05. The highest BCUT2D eigenvalue weighted by molar-refractivity contribution is 8.00. The number of benzene rings is 11. The minimum atomic E-state index is -0.144. The summed E-state index contributed by atoms with van der Waals surface area (Å²) in [5.74, 6) is 0. The van der Waals surface area contributed by atoms with Gasteiger partial charge in [-0.2, -0.15) is 0 Å². The number of rotatable bonds is 4. The van der Waals surface area contributed by atoms with E-state index in [2.05, 4.69) is 251 Å². The van der Waals surface area contributed by atoms with Crippen LogP contribution in [0.4, 0.5) is 51.2 Å². The van der Waals surface area contributed by atoms with Gasteiger partial charge in [0.05, 0.1) is 16.8 Å². The Hall–Kier alpha value is -9.10. The van der Waals surface area contributed by atoms with Gasteiger partial charge in [0.1, 0.15) is 22.3 Å². The molecule has 6 heterocycles. The number of nitrogens with zero attached hydrogens (tertiary/aromatic N) is 3. The van der Waals surface area contributed by atoms with Crippen molar-refractivity contribution in [3.63, 3.8) is 0 Å². The van der Waals surface area contributed by atoms with Crippen LogP contribution in [0.2, 0.25) is 0 Å². The van der Waals surface area contributed by atoms with Crippen molar-refractivity contribution in [3.05, 3.63) is 237 Å². The average Bonchev–Trinajstić information content (AvgIpc) is 4.09. The quantitative estimate of drug-likeness (QED) is 0.164. The number of anilines is 9. The summed E-state index contributed by atoms with van der Waals surface area (Å²) >= 11 is 1.89. The Labute approximate surface area is 431 Å². The van der Waals surface area contributed by atoms with Crippen molar-refractivity contribution in [2.75, 3.05) is 14.7 Å². The van der Waals surface area contributed by atoms with E-state index in [0.29, 0.717) is 0 Å². The van der Waals surface area contributed by atoms with Gasteiger partial charge in [-0.3, -0.25) is 0 Å². The molecule has 0 bridgehead atoms. The molecule has 0 spiro atoms. The lowest BCUT2D eigenvalue weighted by Gasteiger charge is -2.46. The number of fused-ring (bicyclic) bond motifs is 16.